The first-order valence-corrected chi connectivity index (χ1v) is 10.1. The van der Waals surface area contributed by atoms with Crippen LogP contribution >= 0.6 is 11.8 Å². The van der Waals surface area contributed by atoms with Gasteiger partial charge in [0.2, 0.25) is 11.1 Å². The molecule has 3 aromatic rings. The highest BCUT2D eigenvalue weighted by molar-refractivity contribution is 8.00. The van der Waals surface area contributed by atoms with E-state index in [0.717, 1.165) is 22.8 Å². The normalized spacial score (nSPS) is 21.8. The Morgan fingerprint density at radius 1 is 1.27 bits per heavy atom. The van der Waals surface area contributed by atoms with E-state index in [0.29, 0.717) is 16.7 Å². The van der Waals surface area contributed by atoms with E-state index in [4.69, 9.17) is 0 Å². The van der Waals surface area contributed by atoms with E-state index in [-0.39, 0.29) is 17.2 Å². The van der Waals surface area contributed by atoms with E-state index in [1.165, 1.54) is 31.0 Å². The summed E-state index contributed by atoms with van der Waals surface area (Å²) in [6.45, 7) is 4.12. The Morgan fingerprint density at radius 3 is 2.92 bits per heavy atom. The van der Waals surface area contributed by atoms with E-state index in [1.54, 1.807) is 0 Å². The first-order valence-electron chi connectivity index (χ1n) is 9.20. The molecule has 1 aliphatic carbocycles. The molecular weight excluding hydrogens is 346 g/mol. The largest absolute Gasteiger partial charge is 0.352 e. The van der Waals surface area contributed by atoms with Crippen LogP contribution < -0.4 is 5.32 Å². The van der Waals surface area contributed by atoms with Crippen molar-refractivity contribution < 1.29 is 4.79 Å². The minimum atomic E-state index is -0.257. The molecule has 136 valence electrons. The third-order valence-corrected chi connectivity index (χ3v) is 6.14. The molecule has 0 unspecified atom stereocenters. The lowest BCUT2D eigenvalue weighted by Gasteiger charge is -2.30. The second-order valence-corrected chi connectivity index (χ2v) is 8.41. The molecule has 0 spiro atoms. The first-order chi connectivity index (χ1) is 12.6. The molecule has 0 saturated heterocycles. The predicted octanol–water partition coefficient (Wildman–Crippen LogP) is 3.68. The molecule has 0 aliphatic heterocycles. The van der Waals surface area contributed by atoms with Gasteiger partial charge in [0.05, 0.1) is 5.25 Å². The van der Waals surface area contributed by atoms with Crippen LogP contribution in [-0.4, -0.2) is 37.4 Å². The molecule has 6 nitrogen and oxygen atoms in total. The van der Waals surface area contributed by atoms with Crippen molar-refractivity contribution in [3.8, 4) is 0 Å². The molecule has 1 amide bonds. The van der Waals surface area contributed by atoms with Crippen LogP contribution in [0.2, 0.25) is 0 Å². The number of H-pyrrole nitrogens is 1. The maximum Gasteiger partial charge on any atom is 0.233 e. The van der Waals surface area contributed by atoms with Gasteiger partial charge < -0.3 is 10.3 Å². The smallest absolute Gasteiger partial charge is 0.233 e. The molecule has 3 atom stereocenters. The summed E-state index contributed by atoms with van der Waals surface area (Å²) < 4.78 is 0. The van der Waals surface area contributed by atoms with Crippen LogP contribution in [0.1, 0.15) is 39.5 Å². The number of amides is 1. The van der Waals surface area contributed by atoms with Crippen LogP contribution in [0, 0.1) is 5.92 Å². The van der Waals surface area contributed by atoms with Crippen molar-refractivity contribution in [2.75, 3.05) is 0 Å². The molecule has 0 bridgehead atoms. The van der Waals surface area contributed by atoms with Gasteiger partial charge in [-0.05, 0) is 31.7 Å². The lowest BCUT2D eigenvalue weighted by atomic mass is 9.86. The Hall–Kier alpha value is -2.15. The Morgan fingerprint density at radius 2 is 2.08 bits per heavy atom. The first kappa shape index (κ1) is 17.3. The summed E-state index contributed by atoms with van der Waals surface area (Å²) in [5.74, 6) is 0.597. The molecular formula is C19H23N5OS. The van der Waals surface area contributed by atoms with Crippen molar-refractivity contribution in [3.63, 3.8) is 0 Å². The molecule has 1 aromatic carbocycles. The second kappa shape index (κ2) is 7.23. The third-order valence-electron chi connectivity index (χ3n) is 5.19. The highest BCUT2D eigenvalue weighted by Crippen LogP contribution is 2.27. The molecule has 1 fully saturated rings. The van der Waals surface area contributed by atoms with Crippen molar-refractivity contribution in [1.82, 2.24) is 25.5 Å². The van der Waals surface area contributed by atoms with Crippen molar-refractivity contribution in [2.24, 2.45) is 5.92 Å². The van der Waals surface area contributed by atoms with Gasteiger partial charge in [-0.25, -0.2) is 4.98 Å². The molecule has 4 rings (SSSR count). The number of carbonyl (C=O) groups is 1. The van der Waals surface area contributed by atoms with Crippen molar-refractivity contribution >= 4 is 39.7 Å². The maximum absolute atomic E-state index is 12.5. The van der Waals surface area contributed by atoms with Gasteiger partial charge in [0.15, 0.2) is 5.65 Å². The van der Waals surface area contributed by atoms with E-state index in [1.807, 2.05) is 31.2 Å². The number of para-hydroxylation sites is 1. The van der Waals surface area contributed by atoms with Crippen LogP contribution in [0.5, 0.6) is 0 Å². The van der Waals surface area contributed by atoms with Gasteiger partial charge in [-0.2, -0.15) is 0 Å². The maximum atomic E-state index is 12.5. The van der Waals surface area contributed by atoms with Gasteiger partial charge in [-0.3, -0.25) is 4.79 Å². The van der Waals surface area contributed by atoms with E-state index in [9.17, 15) is 4.79 Å². The number of aromatic amines is 1. The van der Waals surface area contributed by atoms with E-state index >= 15 is 0 Å². The number of hydrogen-bond acceptors (Lipinski definition) is 5. The highest BCUT2D eigenvalue weighted by atomic mass is 32.2. The predicted molar refractivity (Wildman–Crippen MR) is 104 cm³/mol. The molecule has 1 saturated carbocycles. The van der Waals surface area contributed by atoms with Gasteiger partial charge in [0.1, 0.15) is 5.52 Å². The number of benzene rings is 1. The summed E-state index contributed by atoms with van der Waals surface area (Å²) >= 11 is 1.35. The zero-order valence-electron chi connectivity index (χ0n) is 15.0. The van der Waals surface area contributed by atoms with Crippen molar-refractivity contribution in [1.29, 1.82) is 0 Å². The van der Waals surface area contributed by atoms with Gasteiger partial charge in [0.25, 0.3) is 0 Å². The van der Waals surface area contributed by atoms with Gasteiger partial charge >= 0.3 is 0 Å². The monoisotopic (exact) mass is 369 g/mol. The Bertz CT molecular complexity index is 940. The summed E-state index contributed by atoms with van der Waals surface area (Å²) in [5, 5.41) is 13.0. The minimum Gasteiger partial charge on any atom is -0.352 e. The summed E-state index contributed by atoms with van der Waals surface area (Å²) in [5.41, 5.74) is 2.46. The number of carbonyl (C=O) groups excluding carboxylic acids is 1. The SMILES string of the molecule is C[C@H](Sc1nnc2c(n1)[nH]c1ccccc12)C(=O)N[C@H]1CCCC[C@@H]1C. The summed E-state index contributed by atoms with van der Waals surface area (Å²) in [4.78, 5) is 20.4. The van der Waals surface area contributed by atoms with E-state index in [2.05, 4.69) is 32.4 Å². The fraction of sp³-hybridized carbons (Fsp3) is 0.474. The summed E-state index contributed by atoms with van der Waals surface area (Å²) in [6.07, 6.45) is 4.72. The topological polar surface area (TPSA) is 83.6 Å². The lowest BCUT2D eigenvalue weighted by molar-refractivity contribution is -0.121. The Balaban J connectivity index is 1.47. The minimum absolute atomic E-state index is 0.0501. The molecule has 1 aliphatic rings. The highest BCUT2D eigenvalue weighted by Gasteiger charge is 2.25. The second-order valence-electron chi connectivity index (χ2n) is 7.10. The number of rotatable bonds is 4. The van der Waals surface area contributed by atoms with Crippen molar-refractivity contribution in [3.05, 3.63) is 24.3 Å². The Labute approximate surface area is 156 Å². The lowest BCUT2D eigenvalue weighted by Crippen LogP contribution is -2.44. The average Bonchev–Trinajstić information content (AvgIpc) is 3.01. The number of hydrogen-bond donors (Lipinski definition) is 2. The molecule has 2 heterocycles. The molecule has 26 heavy (non-hydrogen) atoms. The number of fused-ring (bicyclic) bond motifs is 3. The molecule has 2 N–H and O–H groups in total. The number of nitrogens with one attached hydrogen (secondary N) is 2. The molecule has 7 heteroatoms. The van der Waals surface area contributed by atoms with Crippen LogP contribution in [0.25, 0.3) is 22.1 Å². The zero-order valence-corrected chi connectivity index (χ0v) is 15.8. The summed E-state index contributed by atoms with van der Waals surface area (Å²) in [6, 6.07) is 8.22. The van der Waals surface area contributed by atoms with Gasteiger partial charge in [-0.15, -0.1) is 10.2 Å². The summed E-state index contributed by atoms with van der Waals surface area (Å²) in [7, 11) is 0. The fourth-order valence-corrected chi connectivity index (χ4v) is 4.32. The number of aromatic nitrogens is 4. The van der Waals surface area contributed by atoms with Crippen molar-refractivity contribution in [2.45, 2.75) is 56.0 Å². The van der Waals surface area contributed by atoms with Crippen LogP contribution in [0.4, 0.5) is 0 Å². The van der Waals surface area contributed by atoms with E-state index < -0.39 is 0 Å². The third kappa shape index (κ3) is 3.40. The standard InChI is InChI=1S/C19H23N5OS/c1-11-7-3-5-9-14(11)21-18(25)12(2)26-19-22-17-16(23-24-19)13-8-4-6-10-15(13)20-17/h4,6,8,10-12,14H,3,5,7,9H2,1-2H3,(H,21,25)(H,20,22,24)/t11-,12-,14-/m0/s1. The quantitative estimate of drug-likeness (QED) is 0.686. The zero-order chi connectivity index (χ0) is 18.1. The number of thioether (sulfide) groups is 1. The van der Waals surface area contributed by atoms with Crippen LogP contribution in [0.15, 0.2) is 29.4 Å². The molecule has 0 radical (unpaired) electrons. The van der Waals surface area contributed by atoms with Crippen LogP contribution in [0.3, 0.4) is 0 Å². The van der Waals surface area contributed by atoms with Gasteiger partial charge in [-0.1, -0.05) is 49.7 Å². The van der Waals surface area contributed by atoms with Gasteiger partial charge in [0, 0.05) is 16.9 Å². The Kier molecular flexibility index (Phi) is 4.80. The van der Waals surface area contributed by atoms with Crippen LogP contribution in [-0.2, 0) is 4.79 Å². The average molecular weight is 369 g/mol. The molecule has 2 aromatic heterocycles. The fourth-order valence-electron chi connectivity index (χ4n) is 3.60. The number of nitrogens with zero attached hydrogens (tertiary/aromatic N) is 3.